The Kier molecular flexibility index (Phi) is 10.3. The average Bonchev–Trinajstić information content (AvgIpc) is 2.96. The summed E-state index contributed by atoms with van der Waals surface area (Å²) in [5.74, 6) is 0.851. The van der Waals surface area contributed by atoms with Crippen LogP contribution < -0.4 is 16.0 Å². The number of nitrogens with one attached hydrogen (secondary N) is 1. The molecule has 1 aliphatic heterocycles. The Hall–Kier alpha value is -1.82. The number of amides is 1. The Balaban J connectivity index is 0.00000196. The number of rotatable bonds is 5. The molecule has 1 aromatic carbocycles. The molecule has 1 amide bonds. The number of halogens is 2. The van der Waals surface area contributed by atoms with Crippen LogP contribution in [0.5, 0.6) is 0 Å². The van der Waals surface area contributed by atoms with Crippen molar-refractivity contribution in [2.75, 3.05) is 18.0 Å². The van der Waals surface area contributed by atoms with Gasteiger partial charge >= 0.3 is 0 Å². The lowest BCUT2D eigenvalue weighted by Gasteiger charge is -2.21. The zero-order valence-electron chi connectivity index (χ0n) is 16.3. The minimum Gasteiger partial charge on any atom is -0.357 e. The first-order valence-corrected chi connectivity index (χ1v) is 9.43. The smallest absolute Gasteiger partial charge is 0.241 e. The van der Waals surface area contributed by atoms with Gasteiger partial charge in [-0.3, -0.25) is 4.79 Å². The highest BCUT2D eigenvalue weighted by Crippen LogP contribution is 2.17. The Labute approximate surface area is 179 Å². The summed E-state index contributed by atoms with van der Waals surface area (Å²) < 4.78 is 0. The Morgan fingerprint density at radius 2 is 1.71 bits per heavy atom. The highest BCUT2D eigenvalue weighted by molar-refractivity contribution is 5.85. The molecule has 7 heteroatoms. The van der Waals surface area contributed by atoms with Gasteiger partial charge in [0.05, 0.1) is 0 Å². The molecule has 0 aliphatic carbocycles. The van der Waals surface area contributed by atoms with E-state index < -0.39 is 6.04 Å². The van der Waals surface area contributed by atoms with Gasteiger partial charge in [0, 0.05) is 25.8 Å². The predicted octanol–water partition coefficient (Wildman–Crippen LogP) is 3.93. The van der Waals surface area contributed by atoms with E-state index in [1.54, 1.807) is 0 Å². The lowest BCUT2D eigenvalue weighted by Crippen LogP contribution is -2.33. The first-order chi connectivity index (χ1) is 12.6. The van der Waals surface area contributed by atoms with Crippen LogP contribution >= 0.6 is 24.8 Å². The number of hydrogen-bond acceptors (Lipinski definition) is 4. The molecule has 1 saturated heterocycles. The molecule has 154 valence electrons. The van der Waals surface area contributed by atoms with E-state index in [4.69, 9.17) is 5.73 Å². The summed E-state index contributed by atoms with van der Waals surface area (Å²) in [6.07, 6.45) is 6.92. The molecule has 0 saturated carbocycles. The van der Waals surface area contributed by atoms with Gasteiger partial charge in [0.2, 0.25) is 5.91 Å². The van der Waals surface area contributed by atoms with Crippen molar-refractivity contribution in [3.8, 4) is 0 Å². The molecule has 1 fully saturated rings. The molecule has 2 aromatic rings. The number of anilines is 1. The van der Waals surface area contributed by atoms with Crippen molar-refractivity contribution < 1.29 is 4.79 Å². The number of benzene rings is 1. The molecule has 0 spiro atoms. The average molecular weight is 425 g/mol. The van der Waals surface area contributed by atoms with E-state index in [1.807, 2.05) is 49.5 Å². The summed E-state index contributed by atoms with van der Waals surface area (Å²) in [4.78, 5) is 19.2. The lowest BCUT2D eigenvalue weighted by atomic mass is 10.1. The third-order valence-electron chi connectivity index (χ3n) is 4.92. The summed E-state index contributed by atoms with van der Waals surface area (Å²) in [6.45, 7) is 4.60. The number of pyridine rings is 1. The fraction of sp³-hybridized carbons (Fsp3) is 0.429. The van der Waals surface area contributed by atoms with Crippen molar-refractivity contribution in [1.29, 1.82) is 0 Å². The van der Waals surface area contributed by atoms with Crippen LogP contribution in [0.3, 0.4) is 0 Å². The number of carbonyl (C=O) groups is 1. The van der Waals surface area contributed by atoms with Crippen molar-refractivity contribution in [2.45, 2.75) is 45.2 Å². The van der Waals surface area contributed by atoms with E-state index in [0.717, 1.165) is 35.6 Å². The van der Waals surface area contributed by atoms with Crippen molar-refractivity contribution in [3.63, 3.8) is 0 Å². The number of hydrogen-bond donors (Lipinski definition) is 2. The third-order valence-corrected chi connectivity index (χ3v) is 4.92. The van der Waals surface area contributed by atoms with Crippen molar-refractivity contribution in [2.24, 2.45) is 5.73 Å². The van der Waals surface area contributed by atoms with Gasteiger partial charge in [0.25, 0.3) is 0 Å². The van der Waals surface area contributed by atoms with Crippen molar-refractivity contribution in [1.82, 2.24) is 10.3 Å². The summed E-state index contributed by atoms with van der Waals surface area (Å²) in [7, 11) is 0. The third kappa shape index (κ3) is 6.66. The highest BCUT2D eigenvalue weighted by atomic mass is 35.5. The highest BCUT2D eigenvalue weighted by Gasteiger charge is 2.15. The van der Waals surface area contributed by atoms with Gasteiger partial charge in [-0.15, -0.1) is 24.8 Å². The number of carbonyl (C=O) groups excluding carboxylic acids is 1. The zero-order chi connectivity index (χ0) is 18.4. The van der Waals surface area contributed by atoms with E-state index in [2.05, 4.69) is 15.2 Å². The summed E-state index contributed by atoms with van der Waals surface area (Å²) >= 11 is 0. The normalized spacial score (nSPS) is 14.9. The van der Waals surface area contributed by atoms with E-state index in [9.17, 15) is 4.79 Å². The maximum absolute atomic E-state index is 12.3. The molecule has 0 radical (unpaired) electrons. The van der Waals surface area contributed by atoms with Crippen LogP contribution in [0.2, 0.25) is 0 Å². The second-order valence-electron chi connectivity index (χ2n) is 7.03. The second kappa shape index (κ2) is 11.9. The molecular weight excluding hydrogens is 395 g/mol. The van der Waals surface area contributed by atoms with E-state index in [0.29, 0.717) is 6.54 Å². The summed E-state index contributed by atoms with van der Waals surface area (Å²) in [6, 6.07) is 11.2. The fourth-order valence-electron chi connectivity index (χ4n) is 3.23. The first kappa shape index (κ1) is 24.2. The van der Waals surface area contributed by atoms with Crippen LogP contribution in [0.25, 0.3) is 0 Å². The van der Waals surface area contributed by atoms with Gasteiger partial charge in [-0.05, 0) is 37.0 Å². The minimum atomic E-state index is -0.653. The predicted molar refractivity (Wildman–Crippen MR) is 119 cm³/mol. The topological polar surface area (TPSA) is 71.2 Å². The van der Waals surface area contributed by atoms with Crippen LogP contribution in [-0.2, 0) is 11.3 Å². The van der Waals surface area contributed by atoms with Gasteiger partial charge in [-0.2, -0.15) is 0 Å². The number of nitrogens with two attached hydrogens (primary N) is 1. The van der Waals surface area contributed by atoms with Crippen LogP contribution in [-0.4, -0.2) is 24.0 Å². The van der Waals surface area contributed by atoms with Crippen molar-refractivity contribution in [3.05, 3.63) is 59.3 Å². The molecule has 1 atom stereocenters. The largest absolute Gasteiger partial charge is 0.357 e. The molecule has 28 heavy (non-hydrogen) atoms. The Morgan fingerprint density at radius 3 is 2.29 bits per heavy atom. The maximum atomic E-state index is 12.3. The van der Waals surface area contributed by atoms with Crippen LogP contribution in [0.1, 0.15) is 48.4 Å². The lowest BCUT2D eigenvalue weighted by molar-refractivity contribution is -0.122. The molecule has 1 unspecified atom stereocenters. The van der Waals surface area contributed by atoms with Gasteiger partial charge in [0.15, 0.2) is 0 Å². The Morgan fingerprint density at radius 1 is 1.07 bits per heavy atom. The maximum Gasteiger partial charge on any atom is 0.241 e. The van der Waals surface area contributed by atoms with E-state index in [-0.39, 0.29) is 30.7 Å². The number of aryl methyl sites for hydroxylation is 1. The minimum absolute atomic E-state index is 0. The van der Waals surface area contributed by atoms with E-state index in [1.165, 1.54) is 25.7 Å². The van der Waals surface area contributed by atoms with Crippen molar-refractivity contribution >= 4 is 36.5 Å². The number of nitrogens with zero attached hydrogens (tertiary/aromatic N) is 2. The van der Waals surface area contributed by atoms with Crippen LogP contribution in [0, 0.1) is 6.92 Å². The van der Waals surface area contributed by atoms with Gasteiger partial charge < -0.3 is 16.0 Å². The van der Waals surface area contributed by atoms with Crippen LogP contribution in [0.15, 0.2) is 42.6 Å². The molecular formula is C21H30Cl2N4O. The van der Waals surface area contributed by atoms with Gasteiger partial charge in [0.1, 0.15) is 11.9 Å². The standard InChI is InChI=1S/C21H28N4O.2ClH/c1-16-6-9-18(10-7-16)20(22)21(26)24-15-17-8-11-19(23-14-17)25-12-4-2-3-5-13-25;;/h6-11,14,20H,2-5,12-13,15,22H2,1H3,(H,24,26);2*1H. The summed E-state index contributed by atoms with van der Waals surface area (Å²) in [5, 5.41) is 2.90. The number of aromatic nitrogens is 1. The second-order valence-corrected chi connectivity index (χ2v) is 7.03. The van der Waals surface area contributed by atoms with Gasteiger partial charge in [-0.25, -0.2) is 4.98 Å². The summed E-state index contributed by atoms with van der Waals surface area (Å²) in [5.41, 5.74) is 9.01. The Bertz CT molecular complexity index is 714. The molecule has 1 aromatic heterocycles. The molecule has 5 nitrogen and oxygen atoms in total. The van der Waals surface area contributed by atoms with Gasteiger partial charge in [-0.1, -0.05) is 48.7 Å². The molecule has 1 aliphatic rings. The van der Waals surface area contributed by atoms with Crippen LogP contribution in [0.4, 0.5) is 5.82 Å². The SMILES string of the molecule is Cc1ccc(C(N)C(=O)NCc2ccc(N3CCCCCC3)nc2)cc1.Cl.Cl. The molecule has 3 N–H and O–H groups in total. The monoisotopic (exact) mass is 424 g/mol. The first-order valence-electron chi connectivity index (χ1n) is 9.43. The molecule has 0 bridgehead atoms. The van der Waals surface area contributed by atoms with E-state index >= 15 is 0 Å². The molecule has 2 heterocycles. The zero-order valence-corrected chi connectivity index (χ0v) is 17.9. The molecule has 3 rings (SSSR count). The quantitative estimate of drug-likeness (QED) is 0.762. The fourth-order valence-corrected chi connectivity index (χ4v) is 3.23.